The van der Waals surface area contributed by atoms with Crippen LogP contribution in [0.15, 0.2) is 35.4 Å². The van der Waals surface area contributed by atoms with E-state index in [9.17, 15) is 14.4 Å². The van der Waals surface area contributed by atoms with E-state index in [1.807, 2.05) is 6.07 Å². The van der Waals surface area contributed by atoms with Crippen molar-refractivity contribution in [2.24, 2.45) is 5.73 Å². The topological polar surface area (TPSA) is 110 Å². The first-order valence-electron chi connectivity index (χ1n) is 9.30. The lowest BCUT2D eigenvalue weighted by Gasteiger charge is -2.36. The fourth-order valence-electron chi connectivity index (χ4n) is 3.45. The molecule has 1 atom stereocenters. The van der Waals surface area contributed by atoms with E-state index >= 15 is 0 Å². The molecule has 3 rings (SSSR count). The lowest BCUT2D eigenvalue weighted by molar-refractivity contribution is -0.136. The van der Waals surface area contributed by atoms with Crippen molar-refractivity contribution in [1.82, 2.24) is 19.8 Å². The van der Waals surface area contributed by atoms with Crippen molar-refractivity contribution in [2.45, 2.75) is 38.3 Å². The molecule has 1 aliphatic heterocycles. The smallest absolute Gasteiger partial charge is 0.261 e. The molecule has 0 spiro atoms. The zero-order chi connectivity index (χ0) is 19.2. The molecule has 0 radical (unpaired) electrons. The summed E-state index contributed by atoms with van der Waals surface area (Å²) in [5.74, 6) is -0.239. The van der Waals surface area contributed by atoms with Crippen molar-refractivity contribution in [2.75, 3.05) is 19.6 Å². The van der Waals surface area contributed by atoms with E-state index in [-0.39, 0.29) is 36.4 Å². The van der Waals surface area contributed by atoms with Gasteiger partial charge < -0.3 is 16.0 Å². The maximum atomic E-state index is 12.8. The van der Waals surface area contributed by atoms with E-state index in [4.69, 9.17) is 5.73 Å². The molecule has 1 unspecified atom stereocenters. The van der Waals surface area contributed by atoms with Crippen LogP contribution in [0.3, 0.4) is 0 Å². The fourth-order valence-corrected chi connectivity index (χ4v) is 3.45. The molecule has 2 heterocycles. The number of likely N-dealkylation sites (tertiary alicyclic amines) is 1. The summed E-state index contributed by atoms with van der Waals surface area (Å²) in [6, 6.07) is 7.02. The number of hydrogen-bond donors (Lipinski definition) is 2. The van der Waals surface area contributed by atoms with Gasteiger partial charge in [-0.2, -0.15) is 0 Å². The molecule has 144 valence electrons. The van der Waals surface area contributed by atoms with Gasteiger partial charge in [0.05, 0.1) is 17.2 Å². The summed E-state index contributed by atoms with van der Waals surface area (Å²) in [7, 11) is 0. The maximum Gasteiger partial charge on any atom is 0.261 e. The van der Waals surface area contributed by atoms with Crippen LogP contribution >= 0.6 is 0 Å². The highest BCUT2D eigenvalue weighted by atomic mass is 16.2. The Morgan fingerprint density at radius 2 is 2.07 bits per heavy atom. The zero-order valence-electron chi connectivity index (χ0n) is 15.3. The Balaban J connectivity index is 1.71. The van der Waals surface area contributed by atoms with Gasteiger partial charge in [0.1, 0.15) is 6.54 Å². The summed E-state index contributed by atoms with van der Waals surface area (Å²) in [6.45, 7) is 1.29. The molecule has 2 aromatic rings. The largest absolute Gasteiger partial charge is 0.354 e. The Morgan fingerprint density at radius 1 is 1.26 bits per heavy atom. The molecule has 27 heavy (non-hydrogen) atoms. The van der Waals surface area contributed by atoms with Crippen molar-refractivity contribution in [3.05, 3.63) is 40.9 Å². The molecule has 8 heteroatoms. The Morgan fingerprint density at radius 3 is 2.89 bits per heavy atom. The van der Waals surface area contributed by atoms with Gasteiger partial charge in [-0.15, -0.1) is 0 Å². The summed E-state index contributed by atoms with van der Waals surface area (Å²) in [5.41, 5.74) is 5.78. The van der Waals surface area contributed by atoms with Gasteiger partial charge >= 0.3 is 0 Å². The predicted molar refractivity (Wildman–Crippen MR) is 102 cm³/mol. The predicted octanol–water partition coefficient (Wildman–Crippen LogP) is 0.243. The van der Waals surface area contributed by atoms with Gasteiger partial charge in [-0.1, -0.05) is 12.1 Å². The van der Waals surface area contributed by atoms with Crippen LogP contribution in [0.4, 0.5) is 0 Å². The number of carbonyl (C=O) groups excluding carboxylic acids is 2. The second-order valence-corrected chi connectivity index (χ2v) is 6.77. The number of fused-ring (bicyclic) bond motifs is 1. The number of piperidine rings is 1. The highest BCUT2D eigenvalue weighted by Gasteiger charge is 2.27. The van der Waals surface area contributed by atoms with Crippen molar-refractivity contribution in [1.29, 1.82) is 0 Å². The van der Waals surface area contributed by atoms with Gasteiger partial charge in [0.15, 0.2) is 0 Å². The van der Waals surface area contributed by atoms with Crippen molar-refractivity contribution in [3.63, 3.8) is 0 Å². The molecule has 1 aliphatic rings. The number of hydrogen-bond acceptors (Lipinski definition) is 5. The molecule has 0 aliphatic carbocycles. The molecule has 1 fully saturated rings. The van der Waals surface area contributed by atoms with Gasteiger partial charge in [-0.25, -0.2) is 4.98 Å². The van der Waals surface area contributed by atoms with E-state index < -0.39 is 0 Å². The Kier molecular flexibility index (Phi) is 6.18. The van der Waals surface area contributed by atoms with Crippen molar-refractivity contribution < 1.29 is 9.59 Å². The number of para-hydroxylation sites is 1. The normalized spacial score (nSPS) is 17.1. The Labute approximate surface area is 157 Å². The second-order valence-electron chi connectivity index (χ2n) is 6.77. The summed E-state index contributed by atoms with van der Waals surface area (Å²) < 4.78 is 1.35. The summed E-state index contributed by atoms with van der Waals surface area (Å²) >= 11 is 0. The third-order valence-electron chi connectivity index (χ3n) is 4.89. The third kappa shape index (κ3) is 4.51. The monoisotopic (exact) mass is 371 g/mol. The van der Waals surface area contributed by atoms with Crippen LogP contribution in [0.2, 0.25) is 0 Å². The lowest BCUT2D eigenvalue weighted by atomic mass is 10.0. The highest BCUT2D eigenvalue weighted by Crippen LogP contribution is 2.17. The first-order chi connectivity index (χ1) is 13.1. The minimum atomic E-state index is -0.223. The van der Waals surface area contributed by atoms with Crippen LogP contribution in [0.1, 0.15) is 25.7 Å². The minimum absolute atomic E-state index is 0.0517. The molecular formula is C19H25N5O3. The highest BCUT2D eigenvalue weighted by molar-refractivity contribution is 5.79. The van der Waals surface area contributed by atoms with E-state index in [2.05, 4.69) is 10.3 Å². The Bertz CT molecular complexity index is 879. The average Bonchev–Trinajstić information content (AvgIpc) is 2.69. The van der Waals surface area contributed by atoms with Crippen molar-refractivity contribution in [3.8, 4) is 0 Å². The van der Waals surface area contributed by atoms with E-state index in [1.54, 1.807) is 23.1 Å². The minimum Gasteiger partial charge on any atom is -0.354 e. The van der Waals surface area contributed by atoms with Crippen LogP contribution in [-0.2, 0) is 16.1 Å². The van der Waals surface area contributed by atoms with E-state index in [0.717, 1.165) is 19.3 Å². The van der Waals surface area contributed by atoms with E-state index in [0.29, 0.717) is 30.5 Å². The number of rotatable bonds is 6. The number of carbonyl (C=O) groups is 2. The van der Waals surface area contributed by atoms with Gasteiger partial charge in [-0.3, -0.25) is 19.0 Å². The van der Waals surface area contributed by atoms with Crippen LogP contribution in [0.5, 0.6) is 0 Å². The summed E-state index contributed by atoms with van der Waals surface area (Å²) in [6.07, 6.45) is 4.46. The average molecular weight is 371 g/mol. The SMILES string of the molecule is NCCC(=O)NCC1CCCCN1C(=O)Cn1cnc2ccccc2c1=O. The molecular weight excluding hydrogens is 346 g/mol. The molecule has 0 saturated carbocycles. The summed E-state index contributed by atoms with van der Waals surface area (Å²) in [4.78, 5) is 43.1. The van der Waals surface area contributed by atoms with Gasteiger partial charge in [0, 0.05) is 32.1 Å². The van der Waals surface area contributed by atoms with Gasteiger partial charge in [0.2, 0.25) is 11.8 Å². The second kappa shape index (κ2) is 8.77. The maximum absolute atomic E-state index is 12.8. The zero-order valence-corrected chi connectivity index (χ0v) is 15.3. The van der Waals surface area contributed by atoms with Gasteiger partial charge in [0.25, 0.3) is 5.56 Å². The Hall–Kier alpha value is -2.74. The molecule has 1 saturated heterocycles. The fraction of sp³-hybridized carbons (Fsp3) is 0.474. The van der Waals surface area contributed by atoms with Crippen LogP contribution in [0.25, 0.3) is 10.9 Å². The number of amides is 2. The molecule has 1 aromatic carbocycles. The van der Waals surface area contributed by atoms with Crippen LogP contribution < -0.4 is 16.6 Å². The number of aromatic nitrogens is 2. The van der Waals surface area contributed by atoms with Crippen molar-refractivity contribution >= 4 is 22.7 Å². The third-order valence-corrected chi connectivity index (χ3v) is 4.89. The standard InChI is InChI=1S/C19H25N5O3/c20-9-8-17(25)21-11-14-5-3-4-10-24(14)18(26)12-23-13-22-16-7-2-1-6-15(16)19(23)27/h1-2,6-7,13-14H,3-5,8-12,20H2,(H,21,25). The molecule has 2 amide bonds. The molecule has 3 N–H and O–H groups in total. The quantitative estimate of drug-likeness (QED) is 0.756. The van der Waals surface area contributed by atoms with Gasteiger partial charge in [-0.05, 0) is 31.4 Å². The molecule has 0 bridgehead atoms. The molecule has 1 aromatic heterocycles. The van der Waals surface area contributed by atoms with Crippen LogP contribution in [0, 0.1) is 0 Å². The molecule has 8 nitrogen and oxygen atoms in total. The number of nitrogens with zero attached hydrogens (tertiary/aromatic N) is 3. The summed E-state index contributed by atoms with van der Waals surface area (Å²) in [5, 5.41) is 3.34. The first kappa shape index (κ1) is 19.0. The first-order valence-corrected chi connectivity index (χ1v) is 9.30. The van der Waals surface area contributed by atoms with Crippen LogP contribution in [-0.4, -0.2) is 51.9 Å². The lowest BCUT2D eigenvalue weighted by Crippen LogP contribution is -2.51. The van der Waals surface area contributed by atoms with E-state index in [1.165, 1.54) is 10.9 Å². The number of benzene rings is 1. The number of nitrogens with two attached hydrogens (primary N) is 1. The number of nitrogens with one attached hydrogen (secondary N) is 1.